The molecule has 1 N–H and O–H groups in total. The van der Waals surface area contributed by atoms with Gasteiger partial charge in [-0.3, -0.25) is 10.1 Å². The maximum absolute atomic E-state index is 13.7. The molecule has 1 heterocycles. The Bertz CT molecular complexity index is 779. The van der Waals surface area contributed by atoms with Gasteiger partial charge in [-0.1, -0.05) is 23.7 Å². The first-order chi connectivity index (χ1) is 12.0. The fourth-order valence-electron chi connectivity index (χ4n) is 3.22. The Morgan fingerprint density at radius 1 is 1.24 bits per heavy atom. The molecule has 0 bridgehead atoms. The molecule has 0 aromatic heterocycles. The lowest BCUT2D eigenvalue weighted by molar-refractivity contribution is -0.383. The van der Waals surface area contributed by atoms with E-state index >= 15 is 0 Å². The van der Waals surface area contributed by atoms with Crippen LogP contribution in [0.3, 0.4) is 0 Å². The van der Waals surface area contributed by atoms with Crippen LogP contribution in [-0.2, 0) is 10.2 Å². The molecule has 0 atom stereocenters. The van der Waals surface area contributed by atoms with Gasteiger partial charge in [-0.15, -0.1) is 0 Å². The Morgan fingerprint density at radius 2 is 2.00 bits per heavy atom. The zero-order valence-corrected chi connectivity index (χ0v) is 14.3. The second-order valence-electron chi connectivity index (χ2n) is 6.18. The van der Waals surface area contributed by atoms with Gasteiger partial charge in [-0.05, 0) is 42.7 Å². The molecule has 2 aromatic carbocycles. The lowest BCUT2D eigenvalue weighted by Crippen LogP contribution is -2.40. The standard InChI is InChI=1S/C18H18ClFN2O3/c19-14-4-5-16(17(11-14)22(23)24)21-12-18(6-8-25-9-7-18)13-2-1-3-15(20)10-13/h1-5,10-11,21H,6-9,12H2. The fourth-order valence-corrected chi connectivity index (χ4v) is 3.38. The molecule has 0 amide bonds. The van der Waals surface area contributed by atoms with Crippen LogP contribution in [0.2, 0.25) is 5.02 Å². The van der Waals surface area contributed by atoms with E-state index in [2.05, 4.69) is 5.32 Å². The monoisotopic (exact) mass is 364 g/mol. The van der Waals surface area contributed by atoms with Crippen LogP contribution in [0, 0.1) is 15.9 Å². The van der Waals surface area contributed by atoms with E-state index in [4.69, 9.17) is 16.3 Å². The molecule has 0 unspecified atom stereocenters. The second kappa shape index (κ2) is 7.37. The van der Waals surface area contributed by atoms with Gasteiger partial charge in [0.1, 0.15) is 11.5 Å². The number of hydrogen-bond donors (Lipinski definition) is 1. The van der Waals surface area contributed by atoms with Gasteiger partial charge in [-0.2, -0.15) is 0 Å². The number of nitrogens with one attached hydrogen (secondary N) is 1. The molecule has 1 aliphatic rings. The normalized spacial score (nSPS) is 16.4. The van der Waals surface area contributed by atoms with Crippen LogP contribution in [0.15, 0.2) is 42.5 Å². The van der Waals surface area contributed by atoms with Crippen molar-refractivity contribution in [3.8, 4) is 0 Å². The number of rotatable bonds is 5. The van der Waals surface area contributed by atoms with Crippen LogP contribution < -0.4 is 5.32 Å². The van der Waals surface area contributed by atoms with Crippen LogP contribution in [0.4, 0.5) is 15.8 Å². The minimum absolute atomic E-state index is 0.0750. The summed E-state index contributed by atoms with van der Waals surface area (Å²) in [5, 5.41) is 14.7. The van der Waals surface area contributed by atoms with Gasteiger partial charge >= 0.3 is 0 Å². The molecule has 132 valence electrons. The minimum Gasteiger partial charge on any atom is -0.381 e. The molecule has 0 spiro atoms. The number of anilines is 1. The summed E-state index contributed by atoms with van der Waals surface area (Å²) < 4.78 is 19.2. The van der Waals surface area contributed by atoms with Crippen molar-refractivity contribution in [1.82, 2.24) is 0 Å². The van der Waals surface area contributed by atoms with E-state index in [1.807, 2.05) is 6.07 Å². The predicted molar refractivity (Wildman–Crippen MR) is 94.7 cm³/mol. The summed E-state index contributed by atoms with van der Waals surface area (Å²) in [5.74, 6) is -0.291. The molecule has 5 nitrogen and oxygen atoms in total. The zero-order valence-electron chi connectivity index (χ0n) is 13.5. The molecule has 3 rings (SSSR count). The molecule has 0 saturated carbocycles. The van der Waals surface area contributed by atoms with Crippen molar-refractivity contribution in [3.63, 3.8) is 0 Å². The number of hydrogen-bond acceptors (Lipinski definition) is 4. The molecule has 7 heteroatoms. The molecular formula is C18H18ClFN2O3. The zero-order chi connectivity index (χ0) is 17.9. The SMILES string of the molecule is O=[N+]([O-])c1cc(Cl)ccc1NCC1(c2cccc(F)c2)CCOCC1. The third kappa shape index (κ3) is 3.91. The number of nitro groups is 1. The average Bonchev–Trinajstić information content (AvgIpc) is 2.61. The largest absolute Gasteiger partial charge is 0.381 e. The molecule has 1 fully saturated rings. The Morgan fingerprint density at radius 3 is 2.68 bits per heavy atom. The van der Waals surface area contributed by atoms with Gasteiger partial charge in [-0.25, -0.2) is 4.39 Å². The Hall–Kier alpha value is -2.18. The van der Waals surface area contributed by atoms with E-state index in [1.165, 1.54) is 18.2 Å². The van der Waals surface area contributed by atoms with E-state index in [0.717, 1.165) is 5.56 Å². The van der Waals surface area contributed by atoms with Crippen molar-refractivity contribution in [1.29, 1.82) is 0 Å². The van der Waals surface area contributed by atoms with Crippen molar-refractivity contribution < 1.29 is 14.1 Å². The molecule has 1 saturated heterocycles. The maximum Gasteiger partial charge on any atom is 0.293 e. The van der Waals surface area contributed by atoms with E-state index in [0.29, 0.717) is 43.3 Å². The number of ether oxygens (including phenoxy) is 1. The average molecular weight is 365 g/mol. The van der Waals surface area contributed by atoms with Gasteiger partial charge < -0.3 is 10.1 Å². The summed E-state index contributed by atoms with van der Waals surface area (Å²) in [6, 6.07) is 11.0. The number of nitro benzene ring substituents is 1. The Balaban J connectivity index is 1.89. The van der Waals surface area contributed by atoms with Crippen molar-refractivity contribution in [2.45, 2.75) is 18.3 Å². The van der Waals surface area contributed by atoms with Crippen molar-refractivity contribution in [2.24, 2.45) is 0 Å². The van der Waals surface area contributed by atoms with Crippen molar-refractivity contribution in [2.75, 3.05) is 25.1 Å². The predicted octanol–water partition coefficient (Wildman–Crippen LogP) is 4.55. The molecule has 2 aromatic rings. The first kappa shape index (κ1) is 17.6. The molecular weight excluding hydrogens is 347 g/mol. The Labute approximate surface area is 149 Å². The van der Waals surface area contributed by atoms with E-state index in [1.54, 1.807) is 18.2 Å². The van der Waals surface area contributed by atoms with Gasteiger partial charge in [0, 0.05) is 36.3 Å². The van der Waals surface area contributed by atoms with Gasteiger partial charge in [0.2, 0.25) is 0 Å². The van der Waals surface area contributed by atoms with E-state index in [-0.39, 0.29) is 16.9 Å². The van der Waals surface area contributed by atoms with Crippen LogP contribution in [0.25, 0.3) is 0 Å². The first-order valence-electron chi connectivity index (χ1n) is 8.02. The van der Waals surface area contributed by atoms with Gasteiger partial charge in [0.05, 0.1) is 4.92 Å². The number of benzene rings is 2. The molecule has 0 aliphatic carbocycles. The molecule has 0 radical (unpaired) electrons. The quantitative estimate of drug-likeness (QED) is 0.624. The smallest absolute Gasteiger partial charge is 0.293 e. The summed E-state index contributed by atoms with van der Waals surface area (Å²) in [5.41, 5.74) is 0.860. The highest BCUT2D eigenvalue weighted by atomic mass is 35.5. The van der Waals surface area contributed by atoms with E-state index in [9.17, 15) is 14.5 Å². The van der Waals surface area contributed by atoms with Crippen molar-refractivity contribution in [3.05, 3.63) is 69.0 Å². The van der Waals surface area contributed by atoms with Crippen LogP contribution in [0.5, 0.6) is 0 Å². The van der Waals surface area contributed by atoms with Crippen LogP contribution in [-0.4, -0.2) is 24.7 Å². The van der Waals surface area contributed by atoms with Crippen LogP contribution >= 0.6 is 11.6 Å². The number of nitrogens with zero attached hydrogens (tertiary/aromatic N) is 1. The highest BCUT2D eigenvalue weighted by Gasteiger charge is 2.35. The lowest BCUT2D eigenvalue weighted by Gasteiger charge is -2.38. The summed E-state index contributed by atoms with van der Waals surface area (Å²) in [7, 11) is 0. The van der Waals surface area contributed by atoms with Gasteiger partial charge in [0.25, 0.3) is 5.69 Å². The maximum atomic E-state index is 13.7. The summed E-state index contributed by atoms with van der Waals surface area (Å²) in [4.78, 5) is 10.8. The fraction of sp³-hybridized carbons (Fsp3) is 0.333. The molecule has 25 heavy (non-hydrogen) atoms. The highest BCUT2D eigenvalue weighted by Crippen LogP contribution is 2.37. The second-order valence-corrected chi connectivity index (χ2v) is 6.61. The Kier molecular flexibility index (Phi) is 5.20. The third-order valence-corrected chi connectivity index (χ3v) is 4.90. The van der Waals surface area contributed by atoms with Crippen molar-refractivity contribution >= 4 is 23.0 Å². The number of halogens is 2. The topological polar surface area (TPSA) is 64.4 Å². The van der Waals surface area contributed by atoms with Gasteiger partial charge in [0.15, 0.2) is 0 Å². The summed E-state index contributed by atoms with van der Waals surface area (Å²) in [6.45, 7) is 1.59. The third-order valence-electron chi connectivity index (χ3n) is 4.66. The molecule has 1 aliphatic heterocycles. The summed E-state index contributed by atoms with van der Waals surface area (Å²) >= 11 is 5.86. The summed E-state index contributed by atoms with van der Waals surface area (Å²) in [6.07, 6.45) is 1.43. The van der Waals surface area contributed by atoms with Crippen LogP contribution in [0.1, 0.15) is 18.4 Å². The first-order valence-corrected chi connectivity index (χ1v) is 8.40. The lowest BCUT2D eigenvalue weighted by atomic mass is 9.74. The minimum atomic E-state index is -0.465. The highest BCUT2D eigenvalue weighted by molar-refractivity contribution is 6.30. The van der Waals surface area contributed by atoms with E-state index < -0.39 is 4.92 Å².